The second-order valence-electron chi connectivity index (χ2n) is 15.1. The van der Waals surface area contributed by atoms with Crippen LogP contribution in [0.3, 0.4) is 0 Å². The molecule has 1 saturated heterocycles. The first-order chi connectivity index (χ1) is 29.3. The zero-order valence-electron chi connectivity index (χ0n) is 36.9. The van der Waals surface area contributed by atoms with E-state index >= 15 is 0 Å². The lowest BCUT2D eigenvalue weighted by Crippen LogP contribution is -2.59. The van der Waals surface area contributed by atoms with Crippen molar-refractivity contribution in [3.05, 3.63) is 97.2 Å². The summed E-state index contributed by atoms with van der Waals surface area (Å²) < 4.78 is 22.0. The number of allylic oxidation sites excluding steroid dienone is 16. The monoisotopic (exact) mass is 841 g/mol. The van der Waals surface area contributed by atoms with Gasteiger partial charge in [0.25, 0.3) is 0 Å². The van der Waals surface area contributed by atoms with Gasteiger partial charge in [-0.15, -0.1) is 0 Å². The quantitative estimate of drug-likeness (QED) is 0.0273. The minimum absolute atomic E-state index is 0.110. The molecule has 3 unspecified atom stereocenters. The number of aliphatic hydroxyl groups is 4. The first-order valence-corrected chi connectivity index (χ1v) is 22.8. The zero-order valence-corrected chi connectivity index (χ0v) is 36.9. The summed E-state index contributed by atoms with van der Waals surface area (Å²) in [5.74, 6) is -0.934. The van der Waals surface area contributed by atoms with Crippen molar-refractivity contribution < 1.29 is 49.0 Å². The number of aliphatic hydroxyl groups excluding tert-OH is 4. The number of carbonyl (C=O) groups excluding carboxylic acids is 2. The van der Waals surface area contributed by atoms with Crippen molar-refractivity contribution in [2.24, 2.45) is 0 Å². The molecule has 0 amide bonds. The van der Waals surface area contributed by atoms with Gasteiger partial charge in [-0.1, -0.05) is 150 Å². The molecule has 10 heteroatoms. The third kappa shape index (κ3) is 30.6. The lowest BCUT2D eigenvalue weighted by Gasteiger charge is -2.39. The lowest BCUT2D eigenvalue weighted by molar-refractivity contribution is -0.305. The van der Waals surface area contributed by atoms with E-state index in [0.29, 0.717) is 12.8 Å². The summed E-state index contributed by atoms with van der Waals surface area (Å²) in [5.41, 5.74) is 0. The Morgan fingerprint density at radius 1 is 0.533 bits per heavy atom. The number of unbranched alkanes of at least 4 members (excludes halogenated alkanes) is 9. The van der Waals surface area contributed by atoms with Crippen molar-refractivity contribution >= 4 is 11.9 Å². The van der Waals surface area contributed by atoms with Gasteiger partial charge in [0.1, 0.15) is 31.0 Å². The standard InChI is InChI=1S/C50H80O10/c1-3-5-7-9-11-13-15-17-18-19-20-21-22-23-24-25-27-28-30-32-34-36-38-45(52)57-41-43(42-58-50-49(56)48(55)47(54)44(40-51)60-50)59-46(53)39-37-35-33-31-29-26-16-14-12-10-8-6-4-2/h5,7,11,13,17-18,20-21,23-24,26-29,33,35,43-44,47-51,54-56H,3-4,6,8-10,12,14-16,19,22,25,30-32,34,36-42H2,1-2H3/b7-5+,13-11+,18-17+,21-20+,24-23+,28-27+,29-26+,35-33+/t43?,44-,47+,48?,49?,50-/m0/s1. The van der Waals surface area contributed by atoms with Crippen LogP contribution >= 0.6 is 0 Å². The third-order valence-corrected chi connectivity index (χ3v) is 9.72. The van der Waals surface area contributed by atoms with Crippen LogP contribution in [0.1, 0.15) is 149 Å². The molecule has 1 heterocycles. The first kappa shape index (κ1) is 54.6. The molecule has 10 nitrogen and oxygen atoms in total. The first-order valence-electron chi connectivity index (χ1n) is 22.8. The fourth-order valence-electron chi connectivity index (χ4n) is 6.12. The van der Waals surface area contributed by atoms with Crippen LogP contribution in [-0.2, 0) is 28.5 Å². The molecule has 340 valence electrons. The minimum Gasteiger partial charge on any atom is -0.462 e. The second-order valence-corrected chi connectivity index (χ2v) is 15.1. The topological polar surface area (TPSA) is 152 Å². The number of carbonyl (C=O) groups is 2. The predicted octanol–water partition coefficient (Wildman–Crippen LogP) is 9.94. The molecular weight excluding hydrogens is 761 g/mol. The highest BCUT2D eigenvalue weighted by molar-refractivity contribution is 5.70. The molecule has 0 saturated carbocycles. The fourth-order valence-corrected chi connectivity index (χ4v) is 6.12. The Balaban J connectivity index is 2.37. The Morgan fingerprint density at radius 3 is 1.55 bits per heavy atom. The van der Waals surface area contributed by atoms with Crippen LogP contribution in [0.15, 0.2) is 97.2 Å². The van der Waals surface area contributed by atoms with Crippen LogP contribution in [0, 0.1) is 0 Å². The molecule has 0 aromatic carbocycles. The Labute approximate surface area is 362 Å². The van der Waals surface area contributed by atoms with Gasteiger partial charge in [0.2, 0.25) is 0 Å². The molecule has 0 radical (unpaired) electrons. The van der Waals surface area contributed by atoms with E-state index in [0.717, 1.165) is 70.6 Å². The second kappa shape index (κ2) is 39.7. The van der Waals surface area contributed by atoms with E-state index in [2.05, 4.69) is 98.9 Å². The smallest absolute Gasteiger partial charge is 0.306 e. The van der Waals surface area contributed by atoms with Crippen LogP contribution in [-0.4, -0.2) is 89.0 Å². The highest BCUT2D eigenvalue weighted by atomic mass is 16.7. The van der Waals surface area contributed by atoms with E-state index in [1.54, 1.807) is 0 Å². The highest BCUT2D eigenvalue weighted by Crippen LogP contribution is 2.22. The molecule has 1 aliphatic heterocycles. The maximum Gasteiger partial charge on any atom is 0.306 e. The number of rotatable bonds is 36. The van der Waals surface area contributed by atoms with Gasteiger partial charge in [0.05, 0.1) is 13.2 Å². The van der Waals surface area contributed by atoms with Gasteiger partial charge in [-0.3, -0.25) is 9.59 Å². The van der Waals surface area contributed by atoms with Crippen LogP contribution < -0.4 is 0 Å². The number of hydrogen-bond donors (Lipinski definition) is 4. The summed E-state index contributed by atoms with van der Waals surface area (Å²) in [7, 11) is 0. The van der Waals surface area contributed by atoms with Crippen molar-refractivity contribution in [1.29, 1.82) is 0 Å². The van der Waals surface area contributed by atoms with E-state index in [1.165, 1.54) is 38.5 Å². The summed E-state index contributed by atoms with van der Waals surface area (Å²) >= 11 is 0. The largest absolute Gasteiger partial charge is 0.462 e. The average Bonchev–Trinajstić information content (AvgIpc) is 3.25. The van der Waals surface area contributed by atoms with E-state index in [-0.39, 0.29) is 26.1 Å². The van der Waals surface area contributed by atoms with Crippen molar-refractivity contribution in [2.75, 3.05) is 19.8 Å². The lowest BCUT2D eigenvalue weighted by atomic mass is 9.99. The molecule has 1 fully saturated rings. The van der Waals surface area contributed by atoms with Crippen LogP contribution in [0.5, 0.6) is 0 Å². The average molecular weight is 841 g/mol. The zero-order chi connectivity index (χ0) is 43.7. The summed E-state index contributed by atoms with van der Waals surface area (Å²) in [4.78, 5) is 25.3. The SMILES string of the molecule is CC/C=C/C/C=C/C/C=C/C/C=C/C/C=C/C/C=C/CCCCCC(=O)OCC(CO[C@H]1O[C@@H](CO)[C@@H](O)C(O)C1O)OC(=O)CC/C=C/C/C=C/CCCCCCCC. The fraction of sp³-hybridized carbons (Fsp3) is 0.640. The summed E-state index contributed by atoms with van der Waals surface area (Å²) in [5, 5.41) is 40.1. The maximum atomic E-state index is 12.7. The van der Waals surface area contributed by atoms with Crippen molar-refractivity contribution in [3.8, 4) is 0 Å². The van der Waals surface area contributed by atoms with Crippen LogP contribution in [0.2, 0.25) is 0 Å². The highest BCUT2D eigenvalue weighted by Gasteiger charge is 2.44. The number of hydrogen-bond acceptors (Lipinski definition) is 10. The molecule has 0 spiro atoms. The van der Waals surface area contributed by atoms with E-state index in [4.69, 9.17) is 18.9 Å². The van der Waals surface area contributed by atoms with E-state index in [1.807, 2.05) is 12.2 Å². The molecule has 0 aromatic rings. The molecule has 1 aliphatic rings. The third-order valence-electron chi connectivity index (χ3n) is 9.72. The molecule has 0 bridgehead atoms. The Bertz CT molecular complexity index is 1290. The normalized spacial score (nSPS) is 20.8. The van der Waals surface area contributed by atoms with Gasteiger partial charge in [-0.05, 0) is 83.5 Å². The van der Waals surface area contributed by atoms with Crippen LogP contribution in [0.4, 0.5) is 0 Å². The van der Waals surface area contributed by atoms with Crippen molar-refractivity contribution in [1.82, 2.24) is 0 Å². The molecule has 6 atom stereocenters. The van der Waals surface area contributed by atoms with Crippen molar-refractivity contribution in [2.45, 2.75) is 185 Å². The molecule has 60 heavy (non-hydrogen) atoms. The van der Waals surface area contributed by atoms with E-state index in [9.17, 15) is 30.0 Å². The van der Waals surface area contributed by atoms with Crippen LogP contribution in [0.25, 0.3) is 0 Å². The predicted molar refractivity (Wildman–Crippen MR) is 242 cm³/mol. The Hall–Kier alpha value is -3.38. The summed E-state index contributed by atoms with van der Waals surface area (Å²) in [6.07, 6.45) is 45.7. The van der Waals surface area contributed by atoms with Gasteiger partial charge in [0.15, 0.2) is 12.4 Å². The van der Waals surface area contributed by atoms with Gasteiger partial charge in [-0.25, -0.2) is 0 Å². The van der Waals surface area contributed by atoms with Gasteiger partial charge in [-0.2, -0.15) is 0 Å². The Morgan fingerprint density at radius 2 is 1.02 bits per heavy atom. The van der Waals surface area contributed by atoms with Gasteiger partial charge < -0.3 is 39.4 Å². The summed E-state index contributed by atoms with van der Waals surface area (Å²) in [6, 6.07) is 0. The number of esters is 2. The van der Waals surface area contributed by atoms with E-state index < -0.39 is 55.4 Å². The Kier molecular flexibility index (Phi) is 36.2. The molecule has 0 aromatic heterocycles. The molecule has 0 aliphatic carbocycles. The maximum absolute atomic E-state index is 12.7. The molecule has 1 rings (SSSR count). The van der Waals surface area contributed by atoms with Gasteiger partial charge in [0, 0.05) is 12.8 Å². The number of ether oxygens (including phenoxy) is 4. The molecule has 4 N–H and O–H groups in total. The summed E-state index contributed by atoms with van der Waals surface area (Å²) in [6.45, 7) is 3.18. The van der Waals surface area contributed by atoms with Gasteiger partial charge >= 0.3 is 11.9 Å². The molecular formula is C50H80O10. The van der Waals surface area contributed by atoms with Crippen molar-refractivity contribution in [3.63, 3.8) is 0 Å². The minimum atomic E-state index is -1.61.